The van der Waals surface area contributed by atoms with Crippen molar-refractivity contribution < 1.29 is 0 Å². The average Bonchev–Trinajstić information content (AvgIpc) is 1.30. The van der Waals surface area contributed by atoms with Gasteiger partial charge in [-0.25, -0.2) is 4.85 Å². The predicted octanol–water partition coefficient (Wildman–Crippen LogP) is 28.4. The number of hydrogen-bond acceptors (Lipinski definition) is 2. The van der Waals surface area contributed by atoms with Crippen LogP contribution in [-0.4, -0.2) is 15.8 Å². The number of hydrogen-bond donors (Lipinski definition) is 0. The van der Waals surface area contributed by atoms with Crippen LogP contribution >= 0.6 is 0 Å². The third-order valence-corrected chi connectivity index (χ3v) is 24.4. The molecule has 554 valence electrons. The van der Waals surface area contributed by atoms with Crippen molar-refractivity contribution in [2.75, 3.05) is 9.80 Å². The summed E-state index contributed by atoms with van der Waals surface area (Å²) in [6.07, 6.45) is 0. The molecule has 19 aromatic rings. The van der Waals surface area contributed by atoms with Crippen molar-refractivity contribution in [3.8, 4) is 100 Å². The summed E-state index contributed by atoms with van der Waals surface area (Å²) in [4.78, 5) is 9.33. The van der Waals surface area contributed by atoms with E-state index in [-0.39, 0.29) is 17.5 Å². The van der Waals surface area contributed by atoms with Crippen molar-refractivity contribution >= 4 is 107 Å². The highest BCUT2D eigenvalue weighted by atomic mass is 15.2. The van der Waals surface area contributed by atoms with Gasteiger partial charge >= 0.3 is 0 Å². The standard InChI is InChI=1S/C111H82BN5/c1-110(2,3)84-61-83(62-85(69-84)111(4,5)6)96-66-80(73-34-15-9-16-35-73)63-94(77-40-21-12-22-41-77)109(96)117-104-71-88(115-101-50-29-25-46-91(101)92-47-26-30-51-102(92)115)57-59-98(104)112-97-58-56-87(114-99-48-27-23-44-89(99)90-45-24-28-49-100(90)114)70-103(97)116(105-67-82(68-106(117)107(105)112)74-36-17-10-18-37-74)108-93(76-38-19-11-20-39-76)64-81(75-52-54-86(113-7)55-53-75)65-95(108)79-43-31-42-78(60-79)72-32-13-8-14-33-72/h8-71H,1-6H3. The van der Waals surface area contributed by atoms with E-state index in [1.807, 2.05) is 12.1 Å². The van der Waals surface area contributed by atoms with Gasteiger partial charge in [0.05, 0.1) is 40.0 Å². The fraction of sp³-hybridized carbons (Fsp3) is 0.0721. The highest BCUT2D eigenvalue weighted by Gasteiger charge is 2.46. The maximum atomic E-state index is 8.12. The lowest BCUT2D eigenvalue weighted by Crippen LogP contribution is -2.61. The first-order valence-corrected chi connectivity index (χ1v) is 40.7. The molecule has 0 aliphatic carbocycles. The molecule has 5 nitrogen and oxygen atoms in total. The van der Waals surface area contributed by atoms with Crippen LogP contribution in [0.15, 0.2) is 388 Å². The van der Waals surface area contributed by atoms with E-state index >= 15 is 0 Å². The zero-order valence-corrected chi connectivity index (χ0v) is 66.3. The van der Waals surface area contributed by atoms with E-state index in [1.54, 1.807) is 0 Å². The molecule has 117 heavy (non-hydrogen) atoms. The summed E-state index contributed by atoms with van der Waals surface area (Å²) in [6.45, 7) is 21.9. The summed E-state index contributed by atoms with van der Waals surface area (Å²) in [5.74, 6) is 0. The number of fused-ring (bicyclic) bond motifs is 10. The van der Waals surface area contributed by atoms with Gasteiger partial charge in [0, 0.05) is 77.9 Å². The van der Waals surface area contributed by atoms with E-state index in [0.717, 1.165) is 157 Å². The number of aromatic nitrogens is 2. The van der Waals surface area contributed by atoms with E-state index < -0.39 is 0 Å². The minimum atomic E-state index is -0.342. The molecular formula is C111H82BN5. The van der Waals surface area contributed by atoms with Gasteiger partial charge in [0.25, 0.3) is 6.71 Å². The lowest BCUT2D eigenvalue weighted by atomic mass is 9.33. The maximum absolute atomic E-state index is 8.12. The number of benzene rings is 17. The van der Waals surface area contributed by atoms with E-state index in [1.165, 1.54) is 49.1 Å². The van der Waals surface area contributed by atoms with Crippen molar-refractivity contribution in [3.63, 3.8) is 0 Å². The van der Waals surface area contributed by atoms with Crippen molar-refractivity contribution in [2.45, 2.75) is 52.4 Å². The first-order chi connectivity index (χ1) is 57.3. The Morgan fingerprint density at radius 3 is 0.966 bits per heavy atom. The highest BCUT2D eigenvalue weighted by molar-refractivity contribution is 7.00. The van der Waals surface area contributed by atoms with Gasteiger partial charge in [-0.05, 0) is 196 Å². The summed E-state index contributed by atoms with van der Waals surface area (Å²) in [5, 5.41) is 4.80. The number of rotatable bonds is 12. The minimum absolute atomic E-state index is 0.208. The second-order valence-electron chi connectivity index (χ2n) is 33.5. The summed E-state index contributed by atoms with van der Waals surface area (Å²) in [5.41, 5.74) is 36.7. The number of nitrogens with zero attached hydrogens (tertiary/aromatic N) is 5. The van der Waals surface area contributed by atoms with Crippen LogP contribution < -0.4 is 26.2 Å². The SMILES string of the molecule is [C-]#[N+]c1ccc(-c2cc(-c3ccccc3)c(N3c4cc(-n5c6ccccc6c6ccccc65)ccc4B4c5ccc(-n6c7ccccc7c7ccccc76)cc5N(c5c(-c6ccccc6)cc(-c6ccccc6)cc5-c5cc(C(C)(C)C)cc(C(C)(C)C)c5)c5cc(-c6ccccc6)cc3c54)c(-c3cccc(-c4ccccc4)c3)c2)cc1. The molecule has 0 atom stereocenters. The molecule has 0 bridgehead atoms. The van der Waals surface area contributed by atoms with Crippen LogP contribution in [0.1, 0.15) is 52.7 Å². The molecule has 0 N–H and O–H groups in total. The molecule has 2 aromatic heterocycles. The second kappa shape index (κ2) is 28.0. The summed E-state index contributed by atoms with van der Waals surface area (Å²) >= 11 is 0. The molecule has 0 radical (unpaired) electrons. The Morgan fingerprint density at radius 1 is 0.248 bits per heavy atom. The molecular weight excluding hydrogens is 1410 g/mol. The molecule has 2 aliphatic heterocycles. The van der Waals surface area contributed by atoms with E-state index in [0.29, 0.717) is 5.69 Å². The Kier molecular flexibility index (Phi) is 16.8. The molecule has 6 heteroatoms. The predicted molar refractivity (Wildman–Crippen MR) is 496 cm³/mol. The van der Waals surface area contributed by atoms with Crippen LogP contribution in [0.5, 0.6) is 0 Å². The van der Waals surface area contributed by atoms with Crippen LogP contribution in [0.4, 0.5) is 39.8 Å². The first kappa shape index (κ1) is 70.4. The fourth-order valence-corrected chi connectivity index (χ4v) is 18.6. The zero-order chi connectivity index (χ0) is 78.8. The molecule has 0 fully saturated rings. The summed E-state index contributed by atoms with van der Waals surface area (Å²) in [7, 11) is 0. The van der Waals surface area contributed by atoms with Crippen molar-refractivity contribution in [1.29, 1.82) is 0 Å². The Morgan fingerprint density at radius 2 is 0.573 bits per heavy atom. The fourth-order valence-electron chi connectivity index (χ4n) is 18.6. The molecule has 2 aliphatic rings. The van der Waals surface area contributed by atoms with Gasteiger partial charge in [-0.2, -0.15) is 0 Å². The van der Waals surface area contributed by atoms with Crippen molar-refractivity contribution in [3.05, 3.63) is 411 Å². The lowest BCUT2D eigenvalue weighted by molar-refractivity contribution is 0.569. The van der Waals surface area contributed by atoms with Gasteiger partial charge < -0.3 is 18.9 Å². The van der Waals surface area contributed by atoms with Gasteiger partial charge in [0.2, 0.25) is 0 Å². The molecule has 0 saturated heterocycles. The first-order valence-electron chi connectivity index (χ1n) is 40.7. The minimum Gasteiger partial charge on any atom is -0.310 e. The molecule has 0 amide bonds. The van der Waals surface area contributed by atoms with Gasteiger partial charge in [0.15, 0.2) is 5.69 Å². The highest BCUT2D eigenvalue weighted by Crippen LogP contribution is 2.57. The maximum Gasteiger partial charge on any atom is 0.252 e. The molecule has 21 rings (SSSR count). The van der Waals surface area contributed by atoms with E-state index in [2.05, 4.69) is 441 Å². The Balaban J connectivity index is 0.965. The number of anilines is 6. The molecule has 17 aromatic carbocycles. The normalized spacial score (nSPS) is 12.5. The van der Waals surface area contributed by atoms with Gasteiger partial charge in [-0.15, -0.1) is 0 Å². The summed E-state index contributed by atoms with van der Waals surface area (Å²) < 4.78 is 4.99. The van der Waals surface area contributed by atoms with Crippen molar-refractivity contribution in [2.24, 2.45) is 0 Å². The quantitative estimate of drug-likeness (QED) is 0.0898. The molecule has 4 heterocycles. The van der Waals surface area contributed by atoms with E-state index in [4.69, 9.17) is 6.57 Å². The lowest BCUT2D eigenvalue weighted by Gasteiger charge is -2.46. The van der Waals surface area contributed by atoms with Gasteiger partial charge in [0.1, 0.15) is 0 Å². The second-order valence-corrected chi connectivity index (χ2v) is 33.5. The molecule has 0 unspecified atom stereocenters. The molecule has 0 spiro atoms. The average molecular weight is 1500 g/mol. The molecule has 0 saturated carbocycles. The van der Waals surface area contributed by atoms with Crippen LogP contribution in [0.3, 0.4) is 0 Å². The Hall–Kier alpha value is -14.5. The topological polar surface area (TPSA) is 20.7 Å². The third-order valence-electron chi connectivity index (χ3n) is 24.4. The van der Waals surface area contributed by atoms with Crippen LogP contribution in [0, 0.1) is 6.57 Å². The Bertz CT molecular complexity index is 7060. The largest absolute Gasteiger partial charge is 0.310 e. The smallest absolute Gasteiger partial charge is 0.252 e. The van der Waals surface area contributed by atoms with E-state index in [9.17, 15) is 0 Å². The third kappa shape index (κ3) is 12.0. The zero-order valence-electron chi connectivity index (χ0n) is 66.3. The summed E-state index contributed by atoms with van der Waals surface area (Å²) in [6, 6.07) is 145. The van der Waals surface area contributed by atoms with Crippen molar-refractivity contribution in [1.82, 2.24) is 9.13 Å². The van der Waals surface area contributed by atoms with Crippen LogP contribution in [-0.2, 0) is 10.8 Å². The van der Waals surface area contributed by atoms with Crippen LogP contribution in [0.25, 0.3) is 149 Å². The monoisotopic (exact) mass is 1500 g/mol. The van der Waals surface area contributed by atoms with Gasteiger partial charge in [-0.3, -0.25) is 0 Å². The Labute approximate surface area is 684 Å². The van der Waals surface area contributed by atoms with Crippen LogP contribution in [0.2, 0.25) is 0 Å². The number of para-hydroxylation sites is 4. The van der Waals surface area contributed by atoms with Gasteiger partial charge in [-0.1, -0.05) is 339 Å².